The number of hydrogen-bond donors (Lipinski definition) is 2. The van der Waals surface area contributed by atoms with Crippen molar-refractivity contribution in [3.05, 3.63) is 82.4 Å². The van der Waals surface area contributed by atoms with E-state index in [1.807, 2.05) is 0 Å². The topological polar surface area (TPSA) is 118 Å². The van der Waals surface area contributed by atoms with Gasteiger partial charge in [0.1, 0.15) is 17.7 Å². The quantitative estimate of drug-likeness (QED) is 0.331. The lowest BCUT2D eigenvalue weighted by atomic mass is 10.0. The number of esters is 1. The number of nitrogens with one attached hydrogen (secondary N) is 2. The zero-order valence-electron chi connectivity index (χ0n) is 19.2. The molecule has 1 heterocycles. The first kappa shape index (κ1) is 26.4. The smallest absolute Gasteiger partial charge is 0.357 e. The van der Waals surface area contributed by atoms with E-state index in [2.05, 4.69) is 20.4 Å². The van der Waals surface area contributed by atoms with E-state index in [0.717, 1.165) is 23.5 Å². The van der Waals surface area contributed by atoms with Crippen LogP contribution in [0.4, 0.5) is 18.7 Å². The van der Waals surface area contributed by atoms with Gasteiger partial charge < -0.3 is 15.4 Å². The van der Waals surface area contributed by atoms with Gasteiger partial charge in [0.2, 0.25) is 12.3 Å². The van der Waals surface area contributed by atoms with E-state index in [4.69, 9.17) is 0 Å². The predicted molar refractivity (Wildman–Crippen MR) is 127 cm³/mol. The van der Waals surface area contributed by atoms with Crippen molar-refractivity contribution >= 4 is 40.8 Å². The number of rotatable bonds is 9. The summed E-state index contributed by atoms with van der Waals surface area (Å²) >= 11 is 0.949. The Morgan fingerprint density at radius 3 is 2.39 bits per heavy atom. The zero-order valence-corrected chi connectivity index (χ0v) is 20.1. The minimum atomic E-state index is -1.35. The van der Waals surface area contributed by atoms with Gasteiger partial charge in [-0.15, -0.1) is 11.3 Å². The summed E-state index contributed by atoms with van der Waals surface area (Å²) in [4.78, 5) is 54.4. The molecule has 3 rings (SSSR count). The van der Waals surface area contributed by atoms with Crippen molar-refractivity contribution in [2.75, 3.05) is 12.4 Å². The molecule has 2 atom stereocenters. The van der Waals surface area contributed by atoms with E-state index >= 15 is 0 Å². The molecule has 2 N–H and O–H groups in total. The van der Waals surface area contributed by atoms with Crippen LogP contribution in [0.2, 0.25) is 0 Å². The number of methoxy groups -OCH3 is 1. The number of hydrogen-bond acceptors (Lipinski definition) is 7. The number of ether oxygens (including phenoxy) is 1. The zero-order chi connectivity index (χ0) is 26.2. The van der Waals surface area contributed by atoms with Crippen molar-refractivity contribution < 1.29 is 32.7 Å². The van der Waals surface area contributed by atoms with Crippen LogP contribution in [-0.4, -0.2) is 47.4 Å². The number of carbonyl (C=O) groups excluding carboxylic acids is 4. The molecule has 0 fully saturated rings. The van der Waals surface area contributed by atoms with Crippen molar-refractivity contribution in [1.29, 1.82) is 0 Å². The molecule has 0 spiro atoms. The molecule has 0 aliphatic carbocycles. The Morgan fingerprint density at radius 2 is 1.78 bits per heavy atom. The SMILES string of the molecule is COC(=O)c1csc(NC(=O)C(Cc2ccccc2)N(C=O)C(=O)NC(C)c2c(F)cccc2F)n1. The summed E-state index contributed by atoms with van der Waals surface area (Å²) in [7, 11) is 1.19. The van der Waals surface area contributed by atoms with E-state index in [1.165, 1.54) is 25.5 Å². The minimum Gasteiger partial charge on any atom is -0.464 e. The van der Waals surface area contributed by atoms with Gasteiger partial charge in [-0.2, -0.15) is 0 Å². The van der Waals surface area contributed by atoms with Crippen LogP contribution >= 0.6 is 11.3 Å². The largest absolute Gasteiger partial charge is 0.464 e. The minimum absolute atomic E-state index is 0.0249. The van der Waals surface area contributed by atoms with Crippen molar-refractivity contribution in [1.82, 2.24) is 15.2 Å². The predicted octanol–water partition coefficient (Wildman–Crippen LogP) is 3.69. The van der Waals surface area contributed by atoms with E-state index < -0.39 is 41.6 Å². The Kier molecular flexibility index (Phi) is 8.79. The summed E-state index contributed by atoms with van der Waals surface area (Å²) in [5.41, 5.74) is 0.224. The average molecular weight is 517 g/mol. The summed E-state index contributed by atoms with van der Waals surface area (Å²) < 4.78 is 32.9. The molecule has 0 bridgehead atoms. The first-order chi connectivity index (χ1) is 17.2. The third-order valence-electron chi connectivity index (χ3n) is 5.16. The van der Waals surface area contributed by atoms with Gasteiger partial charge in [0, 0.05) is 17.4 Å². The second kappa shape index (κ2) is 12.0. The maximum atomic E-state index is 14.2. The molecule has 12 heteroatoms. The van der Waals surface area contributed by atoms with Crippen LogP contribution in [0.25, 0.3) is 0 Å². The number of benzene rings is 2. The Balaban J connectivity index is 1.85. The second-order valence-electron chi connectivity index (χ2n) is 7.54. The molecule has 2 aromatic carbocycles. The molecule has 36 heavy (non-hydrogen) atoms. The molecule has 1 aromatic heterocycles. The lowest BCUT2D eigenvalue weighted by Gasteiger charge is -2.27. The average Bonchev–Trinajstić information content (AvgIpc) is 3.32. The van der Waals surface area contributed by atoms with Crippen molar-refractivity contribution in [3.8, 4) is 0 Å². The van der Waals surface area contributed by atoms with Crippen LogP contribution < -0.4 is 10.6 Å². The first-order valence-corrected chi connectivity index (χ1v) is 11.5. The Morgan fingerprint density at radius 1 is 1.11 bits per heavy atom. The van der Waals surface area contributed by atoms with Crippen LogP contribution in [0.15, 0.2) is 53.9 Å². The van der Waals surface area contributed by atoms with Gasteiger partial charge >= 0.3 is 12.0 Å². The Labute approximate surface area is 209 Å². The number of halogens is 2. The van der Waals surface area contributed by atoms with Crippen LogP contribution in [0.3, 0.4) is 0 Å². The molecule has 9 nitrogen and oxygen atoms in total. The molecular weight excluding hydrogens is 494 g/mol. The van der Waals surface area contributed by atoms with Gasteiger partial charge in [-0.3, -0.25) is 14.5 Å². The maximum absolute atomic E-state index is 14.2. The highest BCUT2D eigenvalue weighted by Gasteiger charge is 2.32. The standard InChI is InChI=1S/C24H22F2N4O5S/c1-14(20-16(25)9-6-10-17(20)26)27-24(34)30(13-31)19(11-15-7-4-3-5-8-15)21(32)29-23-28-18(12-36-23)22(33)35-2/h3-10,12-14,19H,11H2,1-2H3,(H,27,34)(H,28,29,32). The number of urea groups is 1. The number of thiazole rings is 1. The lowest BCUT2D eigenvalue weighted by Crippen LogP contribution is -2.52. The highest BCUT2D eigenvalue weighted by Crippen LogP contribution is 2.22. The van der Waals surface area contributed by atoms with Crippen LogP contribution in [-0.2, 0) is 20.7 Å². The number of imide groups is 1. The van der Waals surface area contributed by atoms with Gasteiger partial charge in [0.15, 0.2) is 10.8 Å². The summed E-state index contributed by atoms with van der Waals surface area (Å²) in [6, 6.07) is 8.35. The fraction of sp³-hybridized carbons (Fsp3) is 0.208. The number of carbonyl (C=O) groups is 4. The fourth-order valence-electron chi connectivity index (χ4n) is 3.39. The molecule has 0 aliphatic heterocycles. The van der Waals surface area contributed by atoms with E-state index in [0.29, 0.717) is 10.5 Å². The van der Waals surface area contributed by atoms with E-state index in [1.54, 1.807) is 30.3 Å². The number of anilines is 1. The molecule has 2 unspecified atom stereocenters. The van der Waals surface area contributed by atoms with Crippen molar-refractivity contribution in [2.45, 2.75) is 25.4 Å². The van der Waals surface area contributed by atoms with E-state index in [-0.39, 0.29) is 29.2 Å². The first-order valence-electron chi connectivity index (χ1n) is 10.6. The summed E-state index contributed by atoms with van der Waals surface area (Å²) in [5.74, 6) is -3.21. The highest BCUT2D eigenvalue weighted by atomic mass is 32.1. The molecule has 3 aromatic rings. The van der Waals surface area contributed by atoms with Gasteiger partial charge in [0.05, 0.1) is 13.2 Å². The van der Waals surface area contributed by atoms with Crippen LogP contribution in [0.1, 0.15) is 34.6 Å². The van der Waals surface area contributed by atoms with Crippen LogP contribution in [0, 0.1) is 11.6 Å². The Hall–Kier alpha value is -4.19. The van der Waals surface area contributed by atoms with Crippen LogP contribution in [0.5, 0.6) is 0 Å². The third kappa shape index (κ3) is 6.27. The molecular formula is C24H22F2N4O5S. The summed E-state index contributed by atoms with van der Waals surface area (Å²) in [6.07, 6.45) is 0.102. The normalized spacial score (nSPS) is 12.2. The molecule has 0 saturated carbocycles. The highest BCUT2D eigenvalue weighted by molar-refractivity contribution is 7.14. The maximum Gasteiger partial charge on any atom is 0.357 e. The molecule has 188 valence electrons. The second-order valence-corrected chi connectivity index (χ2v) is 8.40. The number of aromatic nitrogens is 1. The van der Waals surface area contributed by atoms with Gasteiger partial charge in [-0.05, 0) is 24.6 Å². The van der Waals surface area contributed by atoms with Gasteiger partial charge in [-0.1, -0.05) is 36.4 Å². The molecule has 0 saturated heterocycles. The molecule has 4 amide bonds. The van der Waals surface area contributed by atoms with Crippen molar-refractivity contribution in [3.63, 3.8) is 0 Å². The molecule has 0 radical (unpaired) electrons. The van der Waals surface area contributed by atoms with E-state index in [9.17, 15) is 28.0 Å². The monoisotopic (exact) mass is 516 g/mol. The number of amides is 4. The lowest BCUT2D eigenvalue weighted by molar-refractivity contribution is -0.127. The summed E-state index contributed by atoms with van der Waals surface area (Å²) in [6.45, 7) is 1.35. The molecule has 0 aliphatic rings. The fourth-order valence-corrected chi connectivity index (χ4v) is 4.07. The van der Waals surface area contributed by atoms with Gasteiger partial charge in [-0.25, -0.2) is 23.4 Å². The van der Waals surface area contributed by atoms with Gasteiger partial charge in [0.25, 0.3) is 0 Å². The Bertz CT molecular complexity index is 1230. The van der Waals surface area contributed by atoms with Crippen molar-refractivity contribution in [2.24, 2.45) is 0 Å². The number of nitrogens with zero attached hydrogens (tertiary/aromatic N) is 2. The third-order valence-corrected chi connectivity index (χ3v) is 5.92. The summed E-state index contributed by atoms with van der Waals surface area (Å²) in [5, 5.41) is 6.28.